The number of benzene rings is 1. The number of carbonyl (C=O) groups is 1. The number of hydrogen-bond acceptors (Lipinski definition) is 1. The highest BCUT2D eigenvalue weighted by atomic mass is 19.4. The predicted molar refractivity (Wildman–Crippen MR) is 125 cm³/mol. The van der Waals surface area contributed by atoms with Crippen molar-refractivity contribution in [3.8, 4) is 0 Å². The Balaban J connectivity index is 1.47. The normalized spacial score (nSPS) is 22.0. The molecule has 198 valence electrons. The van der Waals surface area contributed by atoms with Crippen molar-refractivity contribution in [2.75, 3.05) is 0 Å². The molecule has 1 amide bonds. The molecule has 1 aromatic carbocycles. The third-order valence-electron chi connectivity index (χ3n) is 7.75. The second kappa shape index (κ2) is 10.5. The van der Waals surface area contributed by atoms with Crippen LogP contribution in [0, 0.1) is 12.8 Å². The van der Waals surface area contributed by atoms with Crippen molar-refractivity contribution in [1.82, 2.24) is 9.88 Å². The number of nitrogens with one attached hydrogen (secondary N) is 1. The van der Waals surface area contributed by atoms with Crippen LogP contribution in [-0.4, -0.2) is 16.5 Å². The fourth-order valence-corrected chi connectivity index (χ4v) is 5.75. The van der Waals surface area contributed by atoms with E-state index >= 15 is 0 Å². The summed E-state index contributed by atoms with van der Waals surface area (Å²) in [6.45, 7) is 2.45. The first-order chi connectivity index (χ1) is 16.9. The van der Waals surface area contributed by atoms with Gasteiger partial charge in [0.05, 0.1) is 16.7 Å². The van der Waals surface area contributed by atoms with E-state index in [-0.39, 0.29) is 35.4 Å². The van der Waals surface area contributed by atoms with Crippen molar-refractivity contribution in [2.24, 2.45) is 5.92 Å². The van der Waals surface area contributed by atoms with Crippen molar-refractivity contribution >= 4 is 5.91 Å². The molecule has 1 heterocycles. The third-order valence-corrected chi connectivity index (χ3v) is 7.75. The molecule has 9 heteroatoms. The number of rotatable bonds is 5. The van der Waals surface area contributed by atoms with Gasteiger partial charge in [0.15, 0.2) is 0 Å². The summed E-state index contributed by atoms with van der Waals surface area (Å²) in [7, 11) is 0. The molecule has 0 bridgehead atoms. The molecule has 2 atom stereocenters. The van der Waals surface area contributed by atoms with Gasteiger partial charge >= 0.3 is 12.4 Å². The summed E-state index contributed by atoms with van der Waals surface area (Å²) in [6, 6.07) is 3.92. The largest absolute Gasteiger partial charge is 0.416 e. The fraction of sp³-hybridized carbons (Fsp3) is 0.593. The van der Waals surface area contributed by atoms with Gasteiger partial charge in [0, 0.05) is 24.5 Å². The van der Waals surface area contributed by atoms with Gasteiger partial charge in [0.1, 0.15) is 0 Å². The first-order valence-electron chi connectivity index (χ1n) is 12.7. The molecule has 2 fully saturated rings. The standard InChI is InChI=1S/C27H32F6N2O/c1-17-24(25(36)34-23-8-3-2-4-9-23)10-11-35(17)16-18-6-5-7-19(12-18)20-13-21(26(28,29)30)15-22(14-20)27(31,32)33/h10-11,13-15,18-19,23H,2-9,12,16H2,1H3,(H,34,36). The molecule has 0 aliphatic heterocycles. The van der Waals surface area contributed by atoms with Crippen molar-refractivity contribution in [2.45, 2.75) is 95.6 Å². The van der Waals surface area contributed by atoms with Gasteiger partial charge in [-0.1, -0.05) is 25.7 Å². The van der Waals surface area contributed by atoms with E-state index in [2.05, 4.69) is 5.32 Å². The molecular weight excluding hydrogens is 482 g/mol. The second-order valence-electron chi connectivity index (χ2n) is 10.3. The zero-order chi connectivity index (χ0) is 26.1. The smallest absolute Gasteiger partial charge is 0.351 e. The molecule has 1 N–H and O–H groups in total. The van der Waals surface area contributed by atoms with Crippen molar-refractivity contribution < 1.29 is 31.1 Å². The summed E-state index contributed by atoms with van der Waals surface area (Å²) < 4.78 is 81.9. The molecule has 2 aliphatic carbocycles. The molecule has 1 aromatic heterocycles. The Bertz CT molecular complexity index is 1030. The summed E-state index contributed by atoms with van der Waals surface area (Å²) in [5, 5.41) is 3.12. The summed E-state index contributed by atoms with van der Waals surface area (Å²) in [4.78, 5) is 12.8. The lowest BCUT2D eigenvalue weighted by Gasteiger charge is -2.31. The Labute approximate surface area is 207 Å². The minimum atomic E-state index is -4.85. The first kappa shape index (κ1) is 26.6. The minimum Gasteiger partial charge on any atom is -0.351 e. The van der Waals surface area contributed by atoms with E-state index in [1.165, 1.54) is 6.42 Å². The topological polar surface area (TPSA) is 34.0 Å². The quantitative estimate of drug-likeness (QED) is 0.405. The number of hydrogen-bond donors (Lipinski definition) is 1. The zero-order valence-electron chi connectivity index (χ0n) is 20.3. The van der Waals surface area contributed by atoms with Crippen LogP contribution in [0.1, 0.15) is 96.4 Å². The van der Waals surface area contributed by atoms with Crippen molar-refractivity contribution in [1.29, 1.82) is 0 Å². The van der Waals surface area contributed by atoms with E-state index in [0.29, 0.717) is 24.9 Å². The highest BCUT2D eigenvalue weighted by molar-refractivity contribution is 5.95. The average Bonchev–Trinajstić information content (AvgIpc) is 3.18. The Hall–Kier alpha value is -2.45. The molecule has 2 saturated carbocycles. The van der Waals surface area contributed by atoms with Crippen LogP contribution in [0.3, 0.4) is 0 Å². The van der Waals surface area contributed by atoms with Gasteiger partial charge in [-0.2, -0.15) is 26.3 Å². The third kappa shape index (κ3) is 6.27. The maximum absolute atomic E-state index is 13.3. The van der Waals surface area contributed by atoms with Crippen LogP contribution in [0.5, 0.6) is 0 Å². The number of nitrogens with zero attached hydrogens (tertiary/aromatic N) is 1. The highest BCUT2D eigenvalue weighted by Crippen LogP contribution is 2.42. The van der Waals surface area contributed by atoms with E-state index in [4.69, 9.17) is 0 Å². The number of aromatic nitrogens is 1. The van der Waals surface area contributed by atoms with Gasteiger partial charge in [-0.25, -0.2) is 0 Å². The molecule has 2 aliphatic rings. The number of halogens is 6. The van der Waals surface area contributed by atoms with E-state index in [9.17, 15) is 31.1 Å². The Kier molecular flexibility index (Phi) is 7.76. The van der Waals surface area contributed by atoms with E-state index in [1.807, 2.05) is 17.7 Å². The number of alkyl halides is 6. The second-order valence-corrected chi connectivity index (χ2v) is 10.3. The van der Waals surface area contributed by atoms with Gasteiger partial charge in [-0.15, -0.1) is 0 Å². The maximum atomic E-state index is 13.3. The molecule has 2 aromatic rings. The van der Waals surface area contributed by atoms with Crippen LogP contribution < -0.4 is 5.32 Å². The monoisotopic (exact) mass is 514 g/mol. The van der Waals surface area contributed by atoms with Gasteiger partial charge in [0.2, 0.25) is 0 Å². The van der Waals surface area contributed by atoms with Crippen LogP contribution in [0.2, 0.25) is 0 Å². The van der Waals surface area contributed by atoms with Gasteiger partial charge in [-0.3, -0.25) is 4.79 Å². The average molecular weight is 515 g/mol. The molecular formula is C27H32F6N2O. The molecule has 4 rings (SSSR count). The van der Waals surface area contributed by atoms with Gasteiger partial charge in [-0.05, 0) is 80.7 Å². The lowest BCUT2D eigenvalue weighted by Crippen LogP contribution is -2.36. The molecule has 3 nitrogen and oxygen atoms in total. The molecule has 2 unspecified atom stereocenters. The number of carbonyl (C=O) groups excluding carboxylic acids is 1. The molecule has 0 spiro atoms. The predicted octanol–water partition coefficient (Wildman–Crippen LogP) is 7.87. The van der Waals surface area contributed by atoms with Crippen LogP contribution in [0.15, 0.2) is 30.5 Å². The first-order valence-corrected chi connectivity index (χ1v) is 12.7. The lowest BCUT2D eigenvalue weighted by atomic mass is 9.77. The Morgan fingerprint density at radius 2 is 1.56 bits per heavy atom. The maximum Gasteiger partial charge on any atom is 0.416 e. The summed E-state index contributed by atoms with van der Waals surface area (Å²) in [6.07, 6.45) is 0.167. The van der Waals surface area contributed by atoms with Gasteiger partial charge in [0.25, 0.3) is 5.91 Å². The van der Waals surface area contributed by atoms with E-state index in [1.54, 1.807) is 6.07 Å². The lowest BCUT2D eigenvalue weighted by molar-refractivity contribution is -0.143. The zero-order valence-corrected chi connectivity index (χ0v) is 20.3. The highest BCUT2D eigenvalue weighted by Gasteiger charge is 2.38. The van der Waals surface area contributed by atoms with Crippen LogP contribution in [0.25, 0.3) is 0 Å². The van der Waals surface area contributed by atoms with Crippen LogP contribution >= 0.6 is 0 Å². The molecule has 0 radical (unpaired) electrons. The fourth-order valence-electron chi connectivity index (χ4n) is 5.75. The molecule has 0 saturated heterocycles. The van der Waals surface area contributed by atoms with E-state index < -0.39 is 23.5 Å². The summed E-state index contributed by atoms with van der Waals surface area (Å²) in [5.74, 6) is -0.381. The van der Waals surface area contributed by atoms with Crippen molar-refractivity contribution in [3.63, 3.8) is 0 Å². The Morgan fingerprint density at radius 3 is 2.17 bits per heavy atom. The summed E-state index contributed by atoms with van der Waals surface area (Å²) >= 11 is 0. The van der Waals surface area contributed by atoms with Crippen LogP contribution in [-0.2, 0) is 18.9 Å². The minimum absolute atomic E-state index is 0.0907. The van der Waals surface area contributed by atoms with Crippen molar-refractivity contribution in [3.05, 3.63) is 58.4 Å². The molecule has 36 heavy (non-hydrogen) atoms. The summed E-state index contributed by atoms with van der Waals surface area (Å²) in [5.41, 5.74) is -0.989. The Morgan fingerprint density at radius 1 is 0.917 bits per heavy atom. The number of amides is 1. The SMILES string of the molecule is Cc1c(C(=O)NC2CCCCC2)ccn1CC1CCCC(c2cc(C(F)(F)F)cc(C(F)(F)F)c2)C1. The van der Waals surface area contributed by atoms with Crippen LogP contribution in [0.4, 0.5) is 26.3 Å². The van der Waals surface area contributed by atoms with E-state index in [0.717, 1.165) is 56.4 Å². The van der Waals surface area contributed by atoms with Gasteiger partial charge < -0.3 is 9.88 Å².